The van der Waals surface area contributed by atoms with Crippen molar-refractivity contribution in [2.24, 2.45) is 5.92 Å². The first kappa shape index (κ1) is 29.1. The lowest BCUT2D eigenvalue weighted by Crippen LogP contribution is -2.65. The number of carbonyl (C=O) groups is 3. The van der Waals surface area contributed by atoms with E-state index in [2.05, 4.69) is 15.5 Å². The van der Waals surface area contributed by atoms with Crippen LogP contribution < -0.4 is 5.32 Å². The molecule has 2 amide bonds. The number of hydrogen-bond donors (Lipinski definition) is 1. The number of Topliss-reactive ketones (excluding diaryl/α,β-unsaturated/α-hetero) is 1. The Bertz CT molecular complexity index is 1070. The summed E-state index contributed by atoms with van der Waals surface area (Å²) in [6.07, 6.45) is 4.71. The number of rotatable bonds is 13. The molecule has 1 fully saturated rings. The monoisotopic (exact) mass is 549 g/mol. The number of nitrogens with zero attached hydrogens (tertiary/aromatic N) is 4. The van der Waals surface area contributed by atoms with Crippen LogP contribution in [0.5, 0.6) is 0 Å². The smallest absolute Gasteiger partial charge is 0.286 e. The first-order chi connectivity index (χ1) is 17.7. The molecule has 0 spiro atoms. The molecular formula is C26H36ClN5O4S. The zero-order valence-corrected chi connectivity index (χ0v) is 23.5. The highest BCUT2D eigenvalue weighted by molar-refractivity contribution is 7.99. The number of ketones is 1. The Morgan fingerprint density at radius 2 is 1.89 bits per heavy atom. The summed E-state index contributed by atoms with van der Waals surface area (Å²) in [6.45, 7) is 4.78. The molecule has 1 atom stereocenters. The number of aromatic nitrogens is 2. The maximum absolute atomic E-state index is 13.7. The summed E-state index contributed by atoms with van der Waals surface area (Å²) in [6, 6.07) is 5.91. The molecule has 1 saturated carbocycles. The second-order valence-corrected chi connectivity index (χ2v) is 11.5. The van der Waals surface area contributed by atoms with Crippen molar-refractivity contribution in [3.8, 4) is 0 Å². The molecule has 0 saturated heterocycles. The van der Waals surface area contributed by atoms with Gasteiger partial charge in [0.15, 0.2) is 0 Å². The van der Waals surface area contributed by atoms with Crippen molar-refractivity contribution < 1.29 is 18.8 Å². The zero-order valence-electron chi connectivity index (χ0n) is 21.9. The van der Waals surface area contributed by atoms with Crippen LogP contribution in [-0.4, -0.2) is 76.2 Å². The van der Waals surface area contributed by atoms with Crippen molar-refractivity contribution in [2.45, 2.75) is 69.3 Å². The third-order valence-electron chi connectivity index (χ3n) is 6.47. The van der Waals surface area contributed by atoms with E-state index in [0.717, 1.165) is 31.6 Å². The fraction of sp³-hybridized carbons (Fsp3) is 0.577. The van der Waals surface area contributed by atoms with Gasteiger partial charge in [-0.3, -0.25) is 14.4 Å². The van der Waals surface area contributed by atoms with Crippen molar-refractivity contribution >= 4 is 41.5 Å². The van der Waals surface area contributed by atoms with Crippen molar-refractivity contribution in [3.63, 3.8) is 0 Å². The van der Waals surface area contributed by atoms with Crippen LogP contribution in [0.3, 0.4) is 0 Å². The third-order valence-corrected chi connectivity index (χ3v) is 7.60. The Hall–Kier alpha value is -2.43. The molecule has 9 nitrogen and oxygen atoms in total. The number of thioether (sulfide) groups is 1. The minimum atomic E-state index is -1.03. The number of nitrogens with one attached hydrogen (secondary N) is 1. The first-order valence-electron chi connectivity index (χ1n) is 12.6. The van der Waals surface area contributed by atoms with Gasteiger partial charge in [0, 0.05) is 12.3 Å². The quantitative estimate of drug-likeness (QED) is 0.168. The van der Waals surface area contributed by atoms with Crippen LogP contribution in [0.25, 0.3) is 0 Å². The first-order valence-corrected chi connectivity index (χ1v) is 14.0. The van der Waals surface area contributed by atoms with Crippen LogP contribution in [0.4, 0.5) is 0 Å². The molecule has 0 bridgehead atoms. The molecule has 2 aromatic rings. The highest BCUT2D eigenvalue weighted by atomic mass is 35.5. The fourth-order valence-electron chi connectivity index (χ4n) is 4.60. The molecule has 1 N–H and O–H groups in total. The highest BCUT2D eigenvalue weighted by Crippen LogP contribution is 2.35. The molecule has 1 aromatic heterocycles. The Kier molecular flexibility index (Phi) is 10.5. The predicted octanol–water partition coefficient (Wildman–Crippen LogP) is 4.52. The standard InChI is InChI=1S/C26H36ClN5O4S/c1-18(2)16-21(22(34)24-29-30-25(36-24)37-15-14-31(3)4)32(17-33)26(12-8-5-9-13-26)28-23(35)19-10-6-7-11-20(19)27/h6-7,10-11,17-18,21H,5,8-9,12-16H2,1-4H3,(H,28,35). The van der Waals surface area contributed by atoms with E-state index < -0.39 is 17.5 Å². The van der Waals surface area contributed by atoms with Gasteiger partial charge in [0.05, 0.1) is 10.6 Å². The molecule has 1 unspecified atom stereocenters. The number of hydrogen-bond acceptors (Lipinski definition) is 8. The van der Waals surface area contributed by atoms with Crippen LogP contribution in [0, 0.1) is 5.92 Å². The van der Waals surface area contributed by atoms with E-state index in [1.54, 1.807) is 24.3 Å². The lowest BCUT2D eigenvalue weighted by Gasteiger charge is -2.48. The molecule has 0 radical (unpaired) electrons. The van der Waals surface area contributed by atoms with Crippen LogP contribution in [-0.2, 0) is 4.79 Å². The van der Waals surface area contributed by atoms with Gasteiger partial charge in [0.25, 0.3) is 17.0 Å². The molecule has 1 heterocycles. The van der Waals surface area contributed by atoms with E-state index >= 15 is 0 Å². The Balaban J connectivity index is 1.91. The van der Waals surface area contributed by atoms with Gasteiger partial charge < -0.3 is 19.5 Å². The normalized spacial score (nSPS) is 16.0. The van der Waals surface area contributed by atoms with Crippen LogP contribution in [0.1, 0.15) is 73.4 Å². The molecule has 0 aliphatic heterocycles. The van der Waals surface area contributed by atoms with Gasteiger partial charge in [0.1, 0.15) is 11.7 Å². The zero-order chi connectivity index (χ0) is 27.0. The van der Waals surface area contributed by atoms with Crippen LogP contribution in [0.2, 0.25) is 5.02 Å². The van der Waals surface area contributed by atoms with Gasteiger partial charge >= 0.3 is 0 Å². The second-order valence-electron chi connectivity index (χ2n) is 10.1. The molecule has 202 valence electrons. The maximum Gasteiger partial charge on any atom is 0.286 e. The minimum absolute atomic E-state index is 0.0909. The molecule has 1 aliphatic rings. The van der Waals surface area contributed by atoms with E-state index in [4.69, 9.17) is 16.0 Å². The minimum Gasteiger partial charge on any atom is -0.408 e. The lowest BCUT2D eigenvalue weighted by atomic mass is 9.84. The van der Waals surface area contributed by atoms with E-state index in [1.807, 2.05) is 32.8 Å². The van der Waals surface area contributed by atoms with E-state index in [1.165, 1.54) is 16.7 Å². The Morgan fingerprint density at radius 3 is 2.51 bits per heavy atom. The summed E-state index contributed by atoms with van der Waals surface area (Å²) in [7, 11) is 3.94. The van der Waals surface area contributed by atoms with Crippen molar-refractivity contribution in [2.75, 3.05) is 26.4 Å². The van der Waals surface area contributed by atoms with Crippen molar-refractivity contribution in [1.29, 1.82) is 0 Å². The van der Waals surface area contributed by atoms with Crippen molar-refractivity contribution in [3.05, 3.63) is 40.7 Å². The Labute approximate surface area is 227 Å². The van der Waals surface area contributed by atoms with Gasteiger partial charge in [-0.1, -0.05) is 55.8 Å². The lowest BCUT2D eigenvalue weighted by molar-refractivity contribution is -0.129. The predicted molar refractivity (Wildman–Crippen MR) is 144 cm³/mol. The van der Waals surface area contributed by atoms with Gasteiger partial charge in [-0.05, 0) is 64.3 Å². The average Bonchev–Trinajstić information content (AvgIpc) is 3.32. The topological polar surface area (TPSA) is 109 Å². The number of amides is 2. The number of carbonyl (C=O) groups excluding carboxylic acids is 3. The summed E-state index contributed by atoms with van der Waals surface area (Å²) < 4.78 is 5.70. The fourth-order valence-corrected chi connectivity index (χ4v) is 5.69. The third kappa shape index (κ3) is 7.55. The SMILES string of the molecule is CC(C)CC(C(=O)c1nnc(SCCN(C)C)o1)N(C=O)C1(NC(=O)c2ccccc2Cl)CCCCC1. The van der Waals surface area contributed by atoms with E-state index in [0.29, 0.717) is 41.5 Å². The maximum atomic E-state index is 13.7. The van der Waals surface area contributed by atoms with Crippen LogP contribution in [0.15, 0.2) is 33.9 Å². The molecule has 11 heteroatoms. The number of halogens is 1. The van der Waals surface area contributed by atoms with Gasteiger partial charge in [-0.25, -0.2) is 0 Å². The van der Waals surface area contributed by atoms with Gasteiger partial charge in [-0.15, -0.1) is 10.2 Å². The van der Waals surface area contributed by atoms with Gasteiger partial charge in [0.2, 0.25) is 12.2 Å². The molecular weight excluding hydrogens is 514 g/mol. The van der Waals surface area contributed by atoms with E-state index in [9.17, 15) is 14.4 Å². The largest absolute Gasteiger partial charge is 0.408 e. The Morgan fingerprint density at radius 1 is 1.19 bits per heavy atom. The average molecular weight is 550 g/mol. The number of benzene rings is 1. The summed E-state index contributed by atoms with van der Waals surface area (Å²) in [5, 5.41) is 11.7. The van der Waals surface area contributed by atoms with E-state index in [-0.39, 0.29) is 17.7 Å². The highest BCUT2D eigenvalue weighted by Gasteiger charge is 2.45. The summed E-state index contributed by atoms with van der Waals surface area (Å²) in [5.74, 6) is -0.116. The molecule has 1 aliphatic carbocycles. The van der Waals surface area contributed by atoms with Gasteiger partial charge in [-0.2, -0.15) is 0 Å². The van der Waals surface area contributed by atoms with Crippen molar-refractivity contribution in [1.82, 2.24) is 25.3 Å². The summed E-state index contributed by atoms with van der Waals surface area (Å²) in [5.41, 5.74) is -0.711. The summed E-state index contributed by atoms with van der Waals surface area (Å²) >= 11 is 7.66. The summed E-state index contributed by atoms with van der Waals surface area (Å²) in [4.78, 5) is 43.2. The van der Waals surface area contributed by atoms with Crippen LogP contribution >= 0.6 is 23.4 Å². The second kappa shape index (κ2) is 13.4. The molecule has 37 heavy (non-hydrogen) atoms. The molecule has 3 rings (SSSR count). The molecule has 1 aromatic carbocycles.